The molecule has 2 unspecified atom stereocenters. The van der Waals surface area contributed by atoms with Gasteiger partial charge in [0, 0.05) is 10.7 Å². The monoisotopic (exact) mass is 362 g/mol. The molecule has 25 heavy (non-hydrogen) atoms. The third-order valence-corrected chi connectivity index (χ3v) is 4.21. The minimum atomic E-state index is -0.437. The van der Waals surface area contributed by atoms with Crippen molar-refractivity contribution >= 4 is 34.8 Å². The normalized spacial score (nSPS) is 18.4. The largest absolute Gasteiger partial charge is 0.495 e. The van der Waals surface area contributed by atoms with E-state index in [2.05, 4.69) is 10.6 Å². The van der Waals surface area contributed by atoms with Gasteiger partial charge in [-0.3, -0.25) is 9.59 Å². The second-order valence-electron chi connectivity index (χ2n) is 5.78. The summed E-state index contributed by atoms with van der Waals surface area (Å²) in [7, 11) is 1.49. The van der Waals surface area contributed by atoms with Crippen molar-refractivity contribution in [2.24, 2.45) is 11.8 Å². The zero-order valence-electron chi connectivity index (χ0n) is 13.4. The van der Waals surface area contributed by atoms with Crippen molar-refractivity contribution in [1.82, 2.24) is 0 Å². The molecule has 2 aromatic rings. The summed E-state index contributed by atoms with van der Waals surface area (Å²) in [4.78, 5) is 24.5. The van der Waals surface area contributed by atoms with E-state index in [0.29, 0.717) is 28.6 Å². The van der Waals surface area contributed by atoms with Gasteiger partial charge in [-0.05, 0) is 42.8 Å². The molecule has 0 saturated heterocycles. The molecule has 7 heteroatoms. The van der Waals surface area contributed by atoms with Gasteiger partial charge in [0.15, 0.2) is 0 Å². The van der Waals surface area contributed by atoms with E-state index in [4.69, 9.17) is 16.3 Å². The van der Waals surface area contributed by atoms with Crippen molar-refractivity contribution in [3.05, 3.63) is 53.3 Å². The van der Waals surface area contributed by atoms with Crippen molar-refractivity contribution in [2.45, 2.75) is 6.42 Å². The van der Waals surface area contributed by atoms with Crippen LogP contribution in [0.15, 0.2) is 42.5 Å². The van der Waals surface area contributed by atoms with Crippen molar-refractivity contribution in [1.29, 1.82) is 0 Å². The Kier molecular flexibility index (Phi) is 4.90. The van der Waals surface area contributed by atoms with Crippen LogP contribution >= 0.6 is 11.6 Å². The van der Waals surface area contributed by atoms with Gasteiger partial charge in [-0.2, -0.15) is 0 Å². The molecule has 1 aliphatic rings. The molecule has 2 aromatic carbocycles. The highest BCUT2D eigenvalue weighted by atomic mass is 35.5. The lowest BCUT2D eigenvalue weighted by Gasteiger charge is -2.10. The van der Waals surface area contributed by atoms with E-state index in [1.54, 1.807) is 24.3 Å². The molecule has 3 rings (SSSR count). The first kappa shape index (κ1) is 17.2. The Morgan fingerprint density at radius 1 is 1.12 bits per heavy atom. The fraction of sp³-hybridized carbons (Fsp3) is 0.222. The molecule has 2 atom stereocenters. The predicted molar refractivity (Wildman–Crippen MR) is 93.3 cm³/mol. The zero-order chi connectivity index (χ0) is 18.0. The maximum Gasteiger partial charge on any atom is 0.228 e. The molecular formula is C18H16ClFN2O3. The fourth-order valence-electron chi connectivity index (χ4n) is 2.58. The van der Waals surface area contributed by atoms with Gasteiger partial charge in [-0.15, -0.1) is 0 Å². The maximum absolute atomic E-state index is 13.1. The SMILES string of the molecule is COc1ccc(Cl)cc1NC(=O)C1CC1C(=O)Nc1cccc(F)c1. The van der Waals surface area contributed by atoms with Crippen molar-refractivity contribution in [3.8, 4) is 5.75 Å². The lowest BCUT2D eigenvalue weighted by Crippen LogP contribution is -2.20. The summed E-state index contributed by atoms with van der Waals surface area (Å²) in [5, 5.41) is 5.82. The summed E-state index contributed by atoms with van der Waals surface area (Å²) in [6, 6.07) is 10.5. The predicted octanol–water partition coefficient (Wildman–Crippen LogP) is 3.70. The highest BCUT2D eigenvalue weighted by molar-refractivity contribution is 6.31. The molecule has 0 aromatic heterocycles. The smallest absolute Gasteiger partial charge is 0.228 e. The molecule has 1 fully saturated rings. The van der Waals surface area contributed by atoms with Crippen LogP contribution in [0.5, 0.6) is 5.75 Å². The average molecular weight is 363 g/mol. The third-order valence-electron chi connectivity index (χ3n) is 3.98. The van der Waals surface area contributed by atoms with Gasteiger partial charge < -0.3 is 15.4 Å². The Morgan fingerprint density at radius 3 is 2.52 bits per heavy atom. The molecule has 0 spiro atoms. The number of anilines is 2. The van der Waals surface area contributed by atoms with Crippen molar-refractivity contribution in [2.75, 3.05) is 17.7 Å². The van der Waals surface area contributed by atoms with Crippen LogP contribution in [0, 0.1) is 17.7 Å². The van der Waals surface area contributed by atoms with Crippen molar-refractivity contribution in [3.63, 3.8) is 0 Å². The van der Waals surface area contributed by atoms with E-state index < -0.39 is 17.7 Å². The minimum absolute atomic E-state index is 0.278. The standard InChI is InChI=1S/C18H16ClFN2O3/c1-25-16-6-5-10(19)7-15(16)22-18(24)14-9-13(14)17(23)21-12-4-2-3-11(20)8-12/h2-8,13-14H,9H2,1H3,(H,21,23)(H,22,24). The first-order valence-corrected chi connectivity index (χ1v) is 8.06. The first-order valence-electron chi connectivity index (χ1n) is 7.69. The van der Waals surface area contributed by atoms with Gasteiger partial charge >= 0.3 is 0 Å². The quantitative estimate of drug-likeness (QED) is 0.852. The van der Waals surface area contributed by atoms with Gasteiger partial charge in [0.2, 0.25) is 11.8 Å². The summed E-state index contributed by atoms with van der Waals surface area (Å²) in [6.45, 7) is 0. The number of carbonyl (C=O) groups is 2. The lowest BCUT2D eigenvalue weighted by molar-refractivity contribution is -0.122. The van der Waals surface area contributed by atoms with E-state index in [1.807, 2.05) is 0 Å². The molecule has 0 bridgehead atoms. The van der Waals surface area contributed by atoms with Crippen LogP contribution in [0.2, 0.25) is 5.02 Å². The Balaban J connectivity index is 1.60. The van der Waals surface area contributed by atoms with Crippen molar-refractivity contribution < 1.29 is 18.7 Å². The van der Waals surface area contributed by atoms with Gasteiger partial charge in [-0.1, -0.05) is 17.7 Å². The minimum Gasteiger partial charge on any atom is -0.495 e. The van der Waals surface area contributed by atoms with Crippen LogP contribution in [-0.2, 0) is 9.59 Å². The highest BCUT2D eigenvalue weighted by Crippen LogP contribution is 2.41. The number of nitrogens with one attached hydrogen (secondary N) is 2. The fourth-order valence-corrected chi connectivity index (χ4v) is 2.75. The van der Waals surface area contributed by atoms with Gasteiger partial charge in [0.1, 0.15) is 11.6 Å². The lowest BCUT2D eigenvalue weighted by atomic mass is 10.2. The molecule has 1 saturated carbocycles. The molecule has 130 valence electrons. The highest BCUT2D eigenvalue weighted by Gasteiger charge is 2.48. The zero-order valence-corrected chi connectivity index (χ0v) is 14.1. The van der Waals surface area contributed by atoms with E-state index in [1.165, 1.54) is 25.3 Å². The molecule has 1 aliphatic carbocycles. The second-order valence-corrected chi connectivity index (χ2v) is 6.22. The van der Waals surface area contributed by atoms with Gasteiger partial charge in [0.05, 0.1) is 24.6 Å². The van der Waals surface area contributed by atoms with Crippen LogP contribution in [0.1, 0.15) is 6.42 Å². The second kappa shape index (κ2) is 7.11. The van der Waals surface area contributed by atoms with Gasteiger partial charge in [-0.25, -0.2) is 4.39 Å². The Bertz CT molecular complexity index is 828. The number of methoxy groups -OCH3 is 1. The van der Waals surface area contributed by atoms with Crippen LogP contribution in [0.4, 0.5) is 15.8 Å². The molecule has 5 nitrogen and oxygen atoms in total. The average Bonchev–Trinajstić information content (AvgIpc) is 3.36. The van der Waals surface area contributed by atoms with Crippen LogP contribution < -0.4 is 15.4 Å². The number of hydrogen-bond acceptors (Lipinski definition) is 3. The van der Waals surface area contributed by atoms with E-state index in [-0.39, 0.29) is 11.8 Å². The molecule has 0 aliphatic heterocycles. The molecule has 0 heterocycles. The van der Waals surface area contributed by atoms with E-state index in [0.717, 1.165) is 0 Å². The number of rotatable bonds is 5. The molecule has 0 radical (unpaired) electrons. The summed E-state index contributed by atoms with van der Waals surface area (Å²) in [5.41, 5.74) is 0.823. The summed E-state index contributed by atoms with van der Waals surface area (Å²) in [5.74, 6) is -1.40. The Labute approximate surface area is 149 Å². The van der Waals surface area contributed by atoms with Crippen LogP contribution in [0.3, 0.4) is 0 Å². The summed E-state index contributed by atoms with van der Waals surface area (Å²) >= 11 is 5.93. The molecule has 2 amide bonds. The number of benzene rings is 2. The third kappa shape index (κ3) is 4.09. The molecular weight excluding hydrogens is 347 g/mol. The number of ether oxygens (including phenoxy) is 1. The number of amides is 2. The topological polar surface area (TPSA) is 67.4 Å². The summed E-state index contributed by atoms with van der Waals surface area (Å²) < 4.78 is 18.3. The number of carbonyl (C=O) groups excluding carboxylic acids is 2. The number of halogens is 2. The van der Waals surface area contributed by atoms with Crippen LogP contribution in [-0.4, -0.2) is 18.9 Å². The first-order chi connectivity index (χ1) is 12.0. The number of hydrogen-bond donors (Lipinski definition) is 2. The molecule has 2 N–H and O–H groups in total. The Morgan fingerprint density at radius 2 is 1.84 bits per heavy atom. The van der Waals surface area contributed by atoms with Crippen LogP contribution in [0.25, 0.3) is 0 Å². The van der Waals surface area contributed by atoms with E-state index in [9.17, 15) is 14.0 Å². The summed E-state index contributed by atoms with van der Waals surface area (Å²) in [6.07, 6.45) is 0.440. The maximum atomic E-state index is 13.1. The Hall–Kier alpha value is -2.60. The van der Waals surface area contributed by atoms with E-state index >= 15 is 0 Å². The van der Waals surface area contributed by atoms with Gasteiger partial charge in [0.25, 0.3) is 0 Å².